The number of benzene rings is 1. The van der Waals surface area contributed by atoms with Crippen molar-refractivity contribution in [3.05, 3.63) is 52.2 Å². The predicted molar refractivity (Wildman–Crippen MR) is 102 cm³/mol. The highest BCUT2D eigenvalue weighted by Crippen LogP contribution is 2.52. The molecule has 0 aliphatic carbocycles. The molecule has 2 bridgehead atoms. The summed E-state index contributed by atoms with van der Waals surface area (Å²) in [5, 5.41) is 7.49. The zero-order chi connectivity index (χ0) is 19.6. The summed E-state index contributed by atoms with van der Waals surface area (Å²) in [6.45, 7) is 2.05. The normalized spacial score (nSPS) is 30.2. The van der Waals surface area contributed by atoms with Gasteiger partial charge in [0.25, 0.3) is 0 Å². The van der Waals surface area contributed by atoms with Gasteiger partial charge in [0, 0.05) is 11.8 Å². The molecule has 4 heterocycles. The topological polar surface area (TPSA) is 84.7 Å². The molecule has 7 nitrogen and oxygen atoms in total. The van der Waals surface area contributed by atoms with Gasteiger partial charge < -0.3 is 14.6 Å². The van der Waals surface area contributed by atoms with Crippen LogP contribution in [0.25, 0.3) is 0 Å². The Morgan fingerprint density at radius 3 is 2.86 bits per heavy atom. The molecule has 2 amide bonds. The second-order valence-corrected chi connectivity index (χ2v) is 8.05. The molecule has 144 valence electrons. The first-order valence-corrected chi connectivity index (χ1v) is 9.51. The summed E-state index contributed by atoms with van der Waals surface area (Å²) >= 11 is 11.9. The van der Waals surface area contributed by atoms with Crippen LogP contribution < -0.4 is 10.2 Å². The Labute approximate surface area is 170 Å². The zero-order valence-electron chi connectivity index (χ0n) is 14.7. The van der Waals surface area contributed by atoms with Crippen LogP contribution in [0.2, 0.25) is 10.0 Å². The highest BCUT2D eigenvalue weighted by atomic mass is 35.5. The molecule has 4 atom stereocenters. The molecule has 1 aromatic heterocycles. The maximum absolute atomic E-state index is 13.2. The lowest BCUT2D eigenvalue weighted by Crippen LogP contribution is -2.41. The van der Waals surface area contributed by atoms with E-state index in [4.69, 9.17) is 32.5 Å². The minimum atomic E-state index is -0.825. The monoisotopic (exact) mass is 419 g/mol. The van der Waals surface area contributed by atoms with Crippen molar-refractivity contribution < 1.29 is 18.8 Å². The second kappa shape index (κ2) is 6.07. The van der Waals surface area contributed by atoms with Crippen LogP contribution in [0.5, 0.6) is 0 Å². The van der Waals surface area contributed by atoms with Crippen LogP contribution in [0.4, 0.5) is 11.5 Å². The van der Waals surface area contributed by atoms with Gasteiger partial charge in [0.15, 0.2) is 5.82 Å². The van der Waals surface area contributed by atoms with Gasteiger partial charge in [-0.3, -0.25) is 14.5 Å². The van der Waals surface area contributed by atoms with Crippen molar-refractivity contribution in [3.63, 3.8) is 0 Å². The molecule has 0 unspecified atom stereocenters. The summed E-state index contributed by atoms with van der Waals surface area (Å²) in [5.74, 6) is -0.741. The van der Waals surface area contributed by atoms with E-state index in [1.807, 2.05) is 12.2 Å². The van der Waals surface area contributed by atoms with E-state index >= 15 is 0 Å². The number of rotatable bonds is 3. The Morgan fingerprint density at radius 2 is 2.14 bits per heavy atom. The number of halogens is 2. The largest absolute Gasteiger partial charge is 0.360 e. The van der Waals surface area contributed by atoms with E-state index in [1.54, 1.807) is 31.2 Å². The smallest absolute Gasteiger partial charge is 0.235 e. The van der Waals surface area contributed by atoms with Crippen LogP contribution in [0.15, 0.2) is 40.9 Å². The van der Waals surface area contributed by atoms with Crippen molar-refractivity contribution in [2.45, 2.75) is 18.6 Å². The SMILES string of the molecule is Cc1cc(N2C[C@]34C=C[C@@H](O3)[C@H](C(=O)Nc3ccc(Cl)c(Cl)c3)[C@@H]4C2=O)no1. The van der Waals surface area contributed by atoms with Gasteiger partial charge in [-0.2, -0.15) is 0 Å². The van der Waals surface area contributed by atoms with Gasteiger partial charge in [-0.15, -0.1) is 0 Å². The fraction of sp³-hybridized carbons (Fsp3) is 0.316. The standard InChI is InChI=1S/C19H15Cl2N3O4/c1-9-6-14(23-28-9)24-8-19-5-4-13(27-19)15(16(19)18(24)26)17(25)22-10-2-3-11(20)12(21)7-10/h2-7,13,15-16H,8H2,1H3,(H,22,25)/t13-,15+,16-,19+/m1/s1. The third kappa shape index (κ3) is 2.50. The minimum absolute atomic E-state index is 0.200. The summed E-state index contributed by atoms with van der Waals surface area (Å²) in [6, 6.07) is 6.53. The molecule has 1 aromatic carbocycles. The Balaban J connectivity index is 1.43. The van der Waals surface area contributed by atoms with Crippen molar-refractivity contribution in [3.8, 4) is 0 Å². The fourth-order valence-electron chi connectivity index (χ4n) is 4.27. The number of aryl methyl sites for hydroxylation is 1. The highest BCUT2D eigenvalue weighted by molar-refractivity contribution is 6.42. The first-order valence-electron chi connectivity index (χ1n) is 8.76. The van der Waals surface area contributed by atoms with Gasteiger partial charge in [0.1, 0.15) is 11.4 Å². The molecule has 3 aliphatic rings. The third-order valence-corrected chi connectivity index (χ3v) is 6.22. The number of anilines is 2. The first kappa shape index (κ1) is 17.7. The van der Waals surface area contributed by atoms with Crippen LogP contribution in [0, 0.1) is 18.8 Å². The van der Waals surface area contributed by atoms with Gasteiger partial charge in [-0.25, -0.2) is 0 Å². The molecule has 1 spiro atoms. The number of ether oxygens (including phenoxy) is 1. The van der Waals surface area contributed by atoms with Crippen molar-refractivity contribution in [2.24, 2.45) is 11.8 Å². The summed E-state index contributed by atoms with van der Waals surface area (Å²) in [7, 11) is 0. The molecule has 1 N–H and O–H groups in total. The van der Waals surface area contributed by atoms with Gasteiger partial charge >= 0.3 is 0 Å². The molecule has 28 heavy (non-hydrogen) atoms. The number of carbonyl (C=O) groups excluding carboxylic acids is 2. The molecule has 3 aliphatic heterocycles. The van der Waals surface area contributed by atoms with E-state index in [-0.39, 0.29) is 11.8 Å². The predicted octanol–water partition coefficient (Wildman–Crippen LogP) is 3.21. The molecule has 2 saturated heterocycles. The lowest BCUT2D eigenvalue weighted by molar-refractivity contribution is -0.128. The molecule has 2 fully saturated rings. The Hall–Kier alpha value is -2.35. The number of amides is 2. The molecule has 9 heteroatoms. The van der Waals surface area contributed by atoms with Gasteiger partial charge in [-0.1, -0.05) is 40.5 Å². The van der Waals surface area contributed by atoms with E-state index in [9.17, 15) is 9.59 Å². The van der Waals surface area contributed by atoms with Crippen LogP contribution in [0.1, 0.15) is 5.76 Å². The van der Waals surface area contributed by atoms with Crippen molar-refractivity contribution in [2.75, 3.05) is 16.8 Å². The summed E-state index contributed by atoms with van der Waals surface area (Å²) in [4.78, 5) is 27.7. The first-order chi connectivity index (χ1) is 13.4. The average Bonchev–Trinajstić information content (AvgIpc) is 3.39. The fourth-order valence-corrected chi connectivity index (χ4v) is 4.57. The summed E-state index contributed by atoms with van der Waals surface area (Å²) in [5.41, 5.74) is -0.316. The molecular formula is C19H15Cl2N3O4. The number of hydrogen-bond donors (Lipinski definition) is 1. The van der Waals surface area contributed by atoms with Gasteiger partial charge in [0.2, 0.25) is 11.8 Å². The number of nitrogens with zero attached hydrogens (tertiary/aromatic N) is 2. The van der Waals surface area contributed by atoms with E-state index in [0.717, 1.165) is 0 Å². The van der Waals surface area contributed by atoms with E-state index in [2.05, 4.69) is 10.5 Å². The third-order valence-electron chi connectivity index (χ3n) is 5.48. The van der Waals surface area contributed by atoms with Crippen LogP contribution in [-0.2, 0) is 14.3 Å². The summed E-state index contributed by atoms with van der Waals surface area (Å²) in [6.07, 6.45) is 3.29. The molecule has 0 saturated carbocycles. The van der Waals surface area contributed by atoms with Crippen LogP contribution in [-0.4, -0.2) is 35.2 Å². The van der Waals surface area contributed by atoms with E-state index < -0.39 is 23.5 Å². The summed E-state index contributed by atoms with van der Waals surface area (Å²) < 4.78 is 11.2. The molecule has 0 radical (unpaired) electrons. The number of nitrogens with one attached hydrogen (secondary N) is 1. The Kier molecular flexibility index (Phi) is 3.84. The zero-order valence-corrected chi connectivity index (χ0v) is 16.2. The van der Waals surface area contributed by atoms with Crippen molar-refractivity contribution >= 4 is 46.5 Å². The lowest BCUT2D eigenvalue weighted by atomic mass is 9.77. The van der Waals surface area contributed by atoms with E-state index in [0.29, 0.717) is 33.9 Å². The van der Waals surface area contributed by atoms with Gasteiger partial charge in [0.05, 0.1) is 34.5 Å². The maximum Gasteiger partial charge on any atom is 0.235 e. The highest BCUT2D eigenvalue weighted by Gasteiger charge is 2.67. The lowest BCUT2D eigenvalue weighted by Gasteiger charge is -2.23. The number of hydrogen-bond acceptors (Lipinski definition) is 5. The van der Waals surface area contributed by atoms with Gasteiger partial charge in [-0.05, 0) is 25.1 Å². The van der Waals surface area contributed by atoms with Crippen LogP contribution in [0.3, 0.4) is 0 Å². The minimum Gasteiger partial charge on any atom is -0.360 e. The van der Waals surface area contributed by atoms with Crippen LogP contribution >= 0.6 is 23.2 Å². The maximum atomic E-state index is 13.2. The quantitative estimate of drug-likeness (QED) is 0.771. The molecule has 5 rings (SSSR count). The average molecular weight is 420 g/mol. The second-order valence-electron chi connectivity index (χ2n) is 7.24. The number of fused-ring (bicyclic) bond motifs is 1. The molecular weight excluding hydrogens is 405 g/mol. The molecule has 2 aromatic rings. The Morgan fingerprint density at radius 1 is 1.32 bits per heavy atom. The van der Waals surface area contributed by atoms with E-state index in [1.165, 1.54) is 4.90 Å². The van der Waals surface area contributed by atoms with Crippen molar-refractivity contribution in [1.82, 2.24) is 5.16 Å². The Bertz CT molecular complexity index is 1040. The van der Waals surface area contributed by atoms with Crippen molar-refractivity contribution in [1.29, 1.82) is 0 Å². The number of aromatic nitrogens is 1. The number of carbonyl (C=O) groups is 2.